The van der Waals surface area contributed by atoms with Gasteiger partial charge in [-0.3, -0.25) is 0 Å². The summed E-state index contributed by atoms with van der Waals surface area (Å²) >= 11 is 5.82. The van der Waals surface area contributed by atoms with Crippen molar-refractivity contribution in [2.45, 2.75) is 69.7 Å². The summed E-state index contributed by atoms with van der Waals surface area (Å²) in [7, 11) is 4.33. The molecule has 2 saturated carbocycles. The maximum atomic E-state index is 10.5. The SMILES string of the molecule is CN(C)C(c1ccccc1)C1CCC(CCNC(=O)O)CC1.Clc1ccc(C2CCCC2)cc1. The molecule has 0 aliphatic heterocycles. The standard InChI is InChI=1S/C18H28N2O2.C11H13Cl/c1-20(2)17(15-6-4-3-5-7-15)16-10-8-14(9-11-16)12-13-19-18(21)22;12-11-7-5-10(6-8-11)9-3-1-2-4-9/h3-7,14,16-17,19H,8-13H2,1-2H3,(H,21,22);5-9H,1-4H2. The first-order valence-electron chi connectivity index (χ1n) is 12.9. The van der Waals surface area contributed by atoms with E-state index in [1.807, 2.05) is 12.1 Å². The Balaban J connectivity index is 0.000000226. The molecule has 1 amide bonds. The topological polar surface area (TPSA) is 52.6 Å². The van der Waals surface area contributed by atoms with Crippen LogP contribution >= 0.6 is 11.6 Å². The molecule has 0 saturated heterocycles. The Morgan fingerprint density at radius 2 is 1.59 bits per heavy atom. The van der Waals surface area contributed by atoms with E-state index in [0.717, 1.165) is 17.4 Å². The number of carbonyl (C=O) groups is 1. The van der Waals surface area contributed by atoms with Gasteiger partial charge in [0.25, 0.3) is 0 Å². The molecular weight excluding hydrogens is 444 g/mol. The molecule has 1 atom stereocenters. The predicted molar refractivity (Wildman–Crippen MR) is 142 cm³/mol. The minimum Gasteiger partial charge on any atom is -0.465 e. The van der Waals surface area contributed by atoms with Crippen LogP contribution in [0.15, 0.2) is 54.6 Å². The van der Waals surface area contributed by atoms with Crippen molar-refractivity contribution in [1.29, 1.82) is 0 Å². The number of carboxylic acid groups (broad SMARTS) is 1. The molecule has 34 heavy (non-hydrogen) atoms. The molecule has 0 heterocycles. The first-order valence-corrected chi connectivity index (χ1v) is 13.3. The van der Waals surface area contributed by atoms with Crippen LogP contribution in [-0.4, -0.2) is 36.7 Å². The molecule has 2 aliphatic rings. The lowest BCUT2D eigenvalue weighted by Gasteiger charge is -2.37. The molecular formula is C29H41ClN2O2. The number of benzene rings is 2. The molecule has 2 aromatic carbocycles. The average Bonchev–Trinajstić information content (AvgIpc) is 3.37. The van der Waals surface area contributed by atoms with Crippen molar-refractivity contribution in [3.63, 3.8) is 0 Å². The van der Waals surface area contributed by atoms with Gasteiger partial charge in [-0.15, -0.1) is 0 Å². The second-order valence-corrected chi connectivity index (χ2v) is 10.6. The predicted octanol–water partition coefficient (Wildman–Crippen LogP) is 7.75. The van der Waals surface area contributed by atoms with Gasteiger partial charge >= 0.3 is 6.09 Å². The van der Waals surface area contributed by atoms with Gasteiger partial charge in [0, 0.05) is 17.6 Å². The number of hydrogen-bond donors (Lipinski definition) is 2. The van der Waals surface area contributed by atoms with E-state index >= 15 is 0 Å². The quantitative estimate of drug-likeness (QED) is 0.422. The van der Waals surface area contributed by atoms with Crippen LogP contribution in [-0.2, 0) is 0 Å². The van der Waals surface area contributed by atoms with Crippen molar-refractivity contribution in [3.8, 4) is 0 Å². The number of nitrogens with one attached hydrogen (secondary N) is 1. The summed E-state index contributed by atoms with van der Waals surface area (Å²) in [5, 5.41) is 12.0. The van der Waals surface area contributed by atoms with Crippen LogP contribution in [0.5, 0.6) is 0 Å². The molecule has 0 spiro atoms. The van der Waals surface area contributed by atoms with Gasteiger partial charge in [-0.1, -0.05) is 79.7 Å². The Morgan fingerprint density at radius 1 is 0.971 bits per heavy atom. The van der Waals surface area contributed by atoms with E-state index < -0.39 is 6.09 Å². The molecule has 2 aliphatic carbocycles. The van der Waals surface area contributed by atoms with E-state index in [9.17, 15) is 4.79 Å². The third-order valence-electron chi connectivity index (χ3n) is 7.56. The first-order chi connectivity index (χ1) is 16.4. The molecule has 186 valence electrons. The maximum absolute atomic E-state index is 10.5. The molecule has 0 bridgehead atoms. The van der Waals surface area contributed by atoms with Gasteiger partial charge in [0.15, 0.2) is 0 Å². The minimum absolute atomic E-state index is 0.485. The van der Waals surface area contributed by atoms with Crippen LogP contribution in [0.1, 0.15) is 80.9 Å². The largest absolute Gasteiger partial charge is 0.465 e. The van der Waals surface area contributed by atoms with Crippen LogP contribution in [0.2, 0.25) is 5.02 Å². The maximum Gasteiger partial charge on any atom is 0.404 e. The third-order valence-corrected chi connectivity index (χ3v) is 7.81. The summed E-state index contributed by atoms with van der Waals surface area (Å²) in [6.45, 7) is 0.584. The van der Waals surface area contributed by atoms with E-state index in [2.05, 4.69) is 66.8 Å². The fourth-order valence-electron chi connectivity index (χ4n) is 5.81. The van der Waals surface area contributed by atoms with Gasteiger partial charge < -0.3 is 15.3 Å². The molecule has 4 nitrogen and oxygen atoms in total. The Labute approximate surface area is 210 Å². The molecule has 1 unspecified atom stereocenters. The van der Waals surface area contributed by atoms with Crippen molar-refractivity contribution >= 4 is 17.7 Å². The highest BCUT2D eigenvalue weighted by Gasteiger charge is 2.29. The lowest BCUT2D eigenvalue weighted by atomic mass is 9.75. The molecule has 2 fully saturated rings. The number of halogens is 1. The second kappa shape index (κ2) is 13.7. The smallest absolute Gasteiger partial charge is 0.404 e. The summed E-state index contributed by atoms with van der Waals surface area (Å²) in [5.41, 5.74) is 2.88. The summed E-state index contributed by atoms with van der Waals surface area (Å²) in [5.74, 6) is 2.17. The van der Waals surface area contributed by atoms with E-state index in [-0.39, 0.29) is 0 Å². The van der Waals surface area contributed by atoms with E-state index in [1.165, 1.54) is 62.5 Å². The van der Waals surface area contributed by atoms with Crippen molar-refractivity contribution in [3.05, 3.63) is 70.7 Å². The molecule has 4 rings (SSSR count). The Morgan fingerprint density at radius 3 is 2.15 bits per heavy atom. The summed E-state index contributed by atoms with van der Waals surface area (Å²) < 4.78 is 0. The average molecular weight is 485 g/mol. The number of nitrogens with zero attached hydrogens (tertiary/aromatic N) is 1. The van der Waals surface area contributed by atoms with Gasteiger partial charge in [0.2, 0.25) is 0 Å². The normalized spacial score (nSPS) is 21.5. The van der Waals surface area contributed by atoms with Gasteiger partial charge in [0.1, 0.15) is 0 Å². The summed E-state index contributed by atoms with van der Waals surface area (Å²) in [6, 6.07) is 19.6. The van der Waals surface area contributed by atoms with Gasteiger partial charge in [0.05, 0.1) is 0 Å². The zero-order valence-electron chi connectivity index (χ0n) is 20.8. The highest BCUT2D eigenvalue weighted by Crippen LogP contribution is 2.40. The van der Waals surface area contributed by atoms with Crippen molar-refractivity contribution in [2.24, 2.45) is 11.8 Å². The molecule has 0 aromatic heterocycles. The summed E-state index contributed by atoms with van der Waals surface area (Å²) in [6.07, 6.45) is 10.5. The summed E-state index contributed by atoms with van der Waals surface area (Å²) in [4.78, 5) is 12.8. The minimum atomic E-state index is -0.912. The zero-order chi connectivity index (χ0) is 24.3. The highest BCUT2D eigenvalue weighted by atomic mass is 35.5. The van der Waals surface area contributed by atoms with Crippen LogP contribution in [0.4, 0.5) is 4.79 Å². The van der Waals surface area contributed by atoms with Crippen LogP contribution in [0.25, 0.3) is 0 Å². The van der Waals surface area contributed by atoms with E-state index in [0.29, 0.717) is 24.4 Å². The fourth-order valence-corrected chi connectivity index (χ4v) is 5.94. The van der Waals surface area contributed by atoms with Gasteiger partial charge in [-0.25, -0.2) is 4.79 Å². The van der Waals surface area contributed by atoms with Gasteiger partial charge in [-0.2, -0.15) is 0 Å². The number of hydrogen-bond acceptors (Lipinski definition) is 2. The van der Waals surface area contributed by atoms with Crippen LogP contribution in [0.3, 0.4) is 0 Å². The zero-order valence-corrected chi connectivity index (χ0v) is 21.5. The number of rotatable bonds is 7. The highest BCUT2D eigenvalue weighted by molar-refractivity contribution is 6.30. The Hall–Kier alpha value is -2.04. The van der Waals surface area contributed by atoms with Crippen LogP contribution in [0, 0.1) is 11.8 Å². The Bertz CT molecular complexity index is 842. The van der Waals surface area contributed by atoms with Crippen molar-refractivity contribution < 1.29 is 9.90 Å². The van der Waals surface area contributed by atoms with E-state index in [1.54, 1.807) is 0 Å². The monoisotopic (exact) mass is 484 g/mol. The molecule has 5 heteroatoms. The van der Waals surface area contributed by atoms with Crippen LogP contribution < -0.4 is 5.32 Å². The van der Waals surface area contributed by atoms with Crippen molar-refractivity contribution in [1.82, 2.24) is 10.2 Å². The lowest BCUT2D eigenvalue weighted by molar-refractivity contribution is 0.145. The van der Waals surface area contributed by atoms with E-state index in [4.69, 9.17) is 16.7 Å². The lowest BCUT2D eigenvalue weighted by Crippen LogP contribution is -2.31. The second-order valence-electron chi connectivity index (χ2n) is 10.2. The van der Waals surface area contributed by atoms with Crippen molar-refractivity contribution in [2.75, 3.05) is 20.6 Å². The van der Waals surface area contributed by atoms with Gasteiger partial charge in [-0.05, 0) is 87.2 Å². The first kappa shape index (κ1) is 26.6. The number of amides is 1. The molecule has 0 radical (unpaired) electrons. The molecule has 2 aromatic rings. The Kier molecular flexibility index (Phi) is 10.7. The molecule has 2 N–H and O–H groups in total. The fraction of sp³-hybridized carbons (Fsp3) is 0.552. The third kappa shape index (κ3) is 8.32.